The van der Waals surface area contributed by atoms with Crippen molar-refractivity contribution in [3.8, 4) is 0 Å². The standard InChI is InChI=1S/C24H25N3O2S/c28-30(29)24(12-15-26(16-13-24)18-21-9-6-14-25-17-21)22-10-4-5-11-23(22)27(30)19-20-7-2-1-3-8-20/h1-11,14,17H,12-13,15-16,18-19H2. The highest BCUT2D eigenvalue weighted by molar-refractivity contribution is 7.94. The van der Waals surface area contributed by atoms with Crippen molar-refractivity contribution in [2.45, 2.75) is 30.7 Å². The van der Waals surface area contributed by atoms with Gasteiger partial charge in [-0.25, -0.2) is 8.42 Å². The molecule has 0 aliphatic carbocycles. The average Bonchev–Trinajstić information content (AvgIpc) is 2.96. The lowest BCUT2D eigenvalue weighted by Crippen LogP contribution is -2.48. The fourth-order valence-electron chi connectivity index (χ4n) is 4.82. The Balaban J connectivity index is 1.44. The lowest BCUT2D eigenvalue weighted by molar-refractivity contribution is 0.189. The van der Waals surface area contributed by atoms with Crippen molar-refractivity contribution in [2.75, 3.05) is 17.4 Å². The van der Waals surface area contributed by atoms with E-state index in [-0.39, 0.29) is 0 Å². The largest absolute Gasteiger partial charge is 0.299 e. The molecule has 1 fully saturated rings. The van der Waals surface area contributed by atoms with Crippen LogP contribution in [-0.2, 0) is 27.9 Å². The van der Waals surface area contributed by atoms with Gasteiger partial charge in [0, 0.05) is 32.0 Å². The average molecular weight is 420 g/mol. The number of fused-ring (bicyclic) bond motifs is 2. The number of piperidine rings is 1. The quantitative estimate of drug-likeness (QED) is 0.643. The molecule has 5 nitrogen and oxygen atoms in total. The Bertz CT molecular complexity index is 1130. The maximum atomic E-state index is 13.9. The molecule has 0 unspecified atom stereocenters. The van der Waals surface area contributed by atoms with Crippen LogP contribution >= 0.6 is 0 Å². The molecule has 1 aromatic heterocycles. The molecule has 3 heterocycles. The summed E-state index contributed by atoms with van der Waals surface area (Å²) in [7, 11) is -3.51. The molecular formula is C24H25N3O2S. The van der Waals surface area contributed by atoms with E-state index in [9.17, 15) is 8.42 Å². The second-order valence-corrected chi connectivity index (χ2v) is 10.3. The highest BCUT2D eigenvalue weighted by atomic mass is 32.2. The number of pyridine rings is 1. The molecule has 1 spiro atoms. The van der Waals surface area contributed by atoms with Gasteiger partial charge in [0.15, 0.2) is 0 Å². The SMILES string of the molecule is O=S1(=O)N(Cc2ccccc2)c2ccccc2C12CCN(Cc1cccnc1)CC2. The first-order chi connectivity index (χ1) is 14.6. The second kappa shape index (κ2) is 7.52. The molecule has 0 atom stereocenters. The predicted molar refractivity (Wildman–Crippen MR) is 118 cm³/mol. The van der Waals surface area contributed by atoms with Crippen LogP contribution < -0.4 is 4.31 Å². The van der Waals surface area contributed by atoms with Crippen molar-refractivity contribution in [3.05, 3.63) is 95.8 Å². The first-order valence-corrected chi connectivity index (χ1v) is 11.8. The molecule has 6 heteroatoms. The highest BCUT2D eigenvalue weighted by Gasteiger charge is 2.56. The number of benzene rings is 2. The van der Waals surface area contributed by atoms with E-state index in [4.69, 9.17) is 0 Å². The summed E-state index contributed by atoms with van der Waals surface area (Å²) in [5, 5.41) is 0. The van der Waals surface area contributed by atoms with Crippen LogP contribution in [0.1, 0.15) is 29.5 Å². The third kappa shape index (κ3) is 3.11. The first kappa shape index (κ1) is 19.3. The molecule has 2 aliphatic rings. The third-order valence-electron chi connectivity index (χ3n) is 6.41. The van der Waals surface area contributed by atoms with Crippen molar-refractivity contribution in [3.63, 3.8) is 0 Å². The normalized spacial score (nSPS) is 19.7. The number of hydrogen-bond acceptors (Lipinski definition) is 4. The molecule has 2 aliphatic heterocycles. The summed E-state index contributed by atoms with van der Waals surface area (Å²) in [4.78, 5) is 6.53. The van der Waals surface area contributed by atoms with Crippen LogP contribution in [0.5, 0.6) is 0 Å². The van der Waals surface area contributed by atoms with Crippen LogP contribution in [0.15, 0.2) is 79.1 Å². The lowest BCUT2D eigenvalue weighted by atomic mass is 9.87. The zero-order valence-electron chi connectivity index (χ0n) is 16.8. The summed E-state index contributed by atoms with van der Waals surface area (Å²) < 4.78 is 28.6. The molecular weight excluding hydrogens is 394 g/mol. The van der Waals surface area contributed by atoms with Gasteiger partial charge in [0.25, 0.3) is 0 Å². The number of likely N-dealkylation sites (tertiary alicyclic amines) is 1. The number of para-hydroxylation sites is 1. The number of nitrogens with zero attached hydrogens (tertiary/aromatic N) is 3. The smallest absolute Gasteiger partial charge is 0.245 e. The van der Waals surface area contributed by atoms with Crippen LogP contribution in [0.2, 0.25) is 0 Å². The van der Waals surface area contributed by atoms with E-state index in [0.717, 1.165) is 42.0 Å². The Morgan fingerprint density at radius 1 is 0.833 bits per heavy atom. The Morgan fingerprint density at radius 3 is 2.27 bits per heavy atom. The Morgan fingerprint density at radius 2 is 1.53 bits per heavy atom. The van der Waals surface area contributed by atoms with E-state index in [1.54, 1.807) is 10.5 Å². The maximum absolute atomic E-state index is 13.9. The van der Waals surface area contributed by atoms with E-state index in [2.05, 4.69) is 16.0 Å². The van der Waals surface area contributed by atoms with E-state index in [1.165, 1.54) is 0 Å². The van der Waals surface area contributed by atoms with E-state index >= 15 is 0 Å². The number of rotatable bonds is 4. The van der Waals surface area contributed by atoms with E-state index in [0.29, 0.717) is 19.4 Å². The molecule has 0 radical (unpaired) electrons. The fraction of sp³-hybridized carbons (Fsp3) is 0.292. The van der Waals surface area contributed by atoms with Gasteiger partial charge in [-0.3, -0.25) is 14.2 Å². The Labute approximate surface area is 178 Å². The summed E-state index contributed by atoms with van der Waals surface area (Å²) in [6.45, 7) is 2.68. The van der Waals surface area contributed by atoms with Crippen molar-refractivity contribution in [1.29, 1.82) is 0 Å². The monoisotopic (exact) mass is 419 g/mol. The summed E-state index contributed by atoms with van der Waals surface area (Å²) in [6, 6.07) is 21.7. The van der Waals surface area contributed by atoms with E-state index < -0.39 is 14.8 Å². The predicted octanol–water partition coefficient (Wildman–Crippen LogP) is 3.92. The molecule has 0 amide bonds. The van der Waals surface area contributed by atoms with Crippen LogP contribution in [-0.4, -0.2) is 31.4 Å². The van der Waals surface area contributed by atoms with Crippen LogP contribution in [0.3, 0.4) is 0 Å². The zero-order valence-corrected chi connectivity index (χ0v) is 17.6. The molecule has 0 saturated carbocycles. The fourth-order valence-corrected chi connectivity index (χ4v) is 7.13. The topological polar surface area (TPSA) is 53.5 Å². The van der Waals surface area contributed by atoms with Gasteiger partial charge in [0.05, 0.1) is 12.2 Å². The minimum Gasteiger partial charge on any atom is -0.299 e. The molecule has 0 bridgehead atoms. The Kier molecular flexibility index (Phi) is 4.83. The van der Waals surface area contributed by atoms with Crippen LogP contribution in [0.25, 0.3) is 0 Å². The second-order valence-electron chi connectivity index (χ2n) is 8.15. The molecule has 0 N–H and O–H groups in total. The molecule has 1 saturated heterocycles. The van der Waals surface area contributed by atoms with Crippen molar-refractivity contribution in [1.82, 2.24) is 9.88 Å². The number of aromatic nitrogens is 1. The molecule has 3 aromatic rings. The highest BCUT2D eigenvalue weighted by Crippen LogP contribution is 2.53. The first-order valence-electron chi connectivity index (χ1n) is 10.4. The Hall–Kier alpha value is -2.70. The van der Waals surface area contributed by atoms with Crippen LogP contribution in [0, 0.1) is 0 Å². The lowest BCUT2D eigenvalue weighted by Gasteiger charge is -2.39. The molecule has 2 aromatic carbocycles. The number of sulfonamides is 1. The van der Waals surface area contributed by atoms with Crippen molar-refractivity contribution in [2.24, 2.45) is 0 Å². The van der Waals surface area contributed by atoms with Crippen LogP contribution in [0.4, 0.5) is 5.69 Å². The minimum atomic E-state index is -3.51. The summed E-state index contributed by atoms with van der Waals surface area (Å²) in [6.07, 6.45) is 4.88. The van der Waals surface area contributed by atoms with Gasteiger partial charge in [-0.2, -0.15) is 0 Å². The van der Waals surface area contributed by atoms with E-state index in [1.807, 2.05) is 66.9 Å². The van der Waals surface area contributed by atoms with Gasteiger partial charge in [-0.15, -0.1) is 0 Å². The van der Waals surface area contributed by atoms with Gasteiger partial charge in [-0.1, -0.05) is 54.6 Å². The molecule has 5 rings (SSSR count). The van der Waals surface area contributed by atoms with Gasteiger partial charge in [0.2, 0.25) is 10.0 Å². The minimum absolute atomic E-state index is 0.376. The summed E-state index contributed by atoms with van der Waals surface area (Å²) in [5.74, 6) is 0. The van der Waals surface area contributed by atoms with Crippen molar-refractivity contribution >= 4 is 15.7 Å². The number of anilines is 1. The van der Waals surface area contributed by atoms with Gasteiger partial charge < -0.3 is 0 Å². The zero-order chi connectivity index (χ0) is 20.6. The van der Waals surface area contributed by atoms with Crippen molar-refractivity contribution < 1.29 is 8.42 Å². The van der Waals surface area contributed by atoms with Gasteiger partial charge in [-0.05, 0) is 41.7 Å². The molecule has 154 valence electrons. The third-order valence-corrected chi connectivity index (χ3v) is 8.93. The van der Waals surface area contributed by atoms with Gasteiger partial charge in [0.1, 0.15) is 4.75 Å². The molecule has 30 heavy (non-hydrogen) atoms. The summed E-state index contributed by atoms with van der Waals surface area (Å²) >= 11 is 0. The van der Waals surface area contributed by atoms with Gasteiger partial charge >= 0.3 is 0 Å². The maximum Gasteiger partial charge on any atom is 0.245 e. The number of hydrogen-bond donors (Lipinski definition) is 0. The summed E-state index contributed by atoms with van der Waals surface area (Å²) in [5.41, 5.74) is 3.96.